The molecule has 0 radical (unpaired) electrons. The molecule has 4 heterocycles. The summed E-state index contributed by atoms with van der Waals surface area (Å²) in [6.07, 6.45) is 6.62. The summed E-state index contributed by atoms with van der Waals surface area (Å²) in [4.78, 5) is 22.4. The molecule has 0 unspecified atom stereocenters. The van der Waals surface area contributed by atoms with Gasteiger partial charge in [-0.05, 0) is 30.3 Å². The van der Waals surface area contributed by atoms with E-state index < -0.39 is 0 Å². The Morgan fingerprint density at radius 3 is 2.63 bits per heavy atom. The van der Waals surface area contributed by atoms with Crippen molar-refractivity contribution in [2.24, 2.45) is 7.05 Å². The number of rotatable bonds is 3. The number of hydrogen-bond donors (Lipinski definition) is 1. The minimum absolute atomic E-state index is 0.179. The number of piperazine rings is 1. The van der Waals surface area contributed by atoms with Crippen molar-refractivity contribution < 1.29 is 4.39 Å². The van der Waals surface area contributed by atoms with Gasteiger partial charge in [0.15, 0.2) is 0 Å². The van der Waals surface area contributed by atoms with Crippen LogP contribution in [0, 0.1) is 5.82 Å². The highest BCUT2D eigenvalue weighted by atomic mass is 19.1. The Hall–Kier alpha value is -3.06. The maximum absolute atomic E-state index is 13.9. The zero-order chi connectivity index (χ0) is 20.8. The number of aromatic amines is 1. The highest BCUT2D eigenvalue weighted by Crippen LogP contribution is 2.26. The molecule has 1 saturated heterocycles. The number of nitrogens with zero attached hydrogens (tertiary/aromatic N) is 4. The van der Waals surface area contributed by atoms with Crippen LogP contribution in [0.2, 0.25) is 0 Å². The monoisotopic (exact) mass is 407 g/mol. The molecule has 30 heavy (non-hydrogen) atoms. The van der Waals surface area contributed by atoms with Crippen molar-refractivity contribution in [3.8, 4) is 0 Å². The lowest BCUT2D eigenvalue weighted by atomic mass is 10.1. The molecule has 2 aliphatic rings. The highest BCUT2D eigenvalue weighted by molar-refractivity contribution is 6.03. The molecule has 0 atom stereocenters. The van der Waals surface area contributed by atoms with Crippen molar-refractivity contribution in [3.05, 3.63) is 70.2 Å². The van der Waals surface area contributed by atoms with E-state index in [0.29, 0.717) is 10.8 Å². The van der Waals surface area contributed by atoms with E-state index >= 15 is 0 Å². The van der Waals surface area contributed by atoms with Gasteiger partial charge < -0.3 is 19.4 Å². The Morgan fingerprint density at radius 2 is 1.87 bits per heavy atom. The maximum Gasteiger partial charge on any atom is 0.256 e. The normalized spacial score (nSPS) is 17.9. The highest BCUT2D eigenvalue weighted by Gasteiger charge is 2.21. The topological polar surface area (TPSA) is 47.5 Å². The van der Waals surface area contributed by atoms with Crippen LogP contribution in [0.3, 0.4) is 0 Å². The average Bonchev–Trinajstić information content (AvgIpc) is 3.03. The first-order valence-electron chi connectivity index (χ1n) is 10.4. The summed E-state index contributed by atoms with van der Waals surface area (Å²) >= 11 is 0. The van der Waals surface area contributed by atoms with Gasteiger partial charge in [-0.2, -0.15) is 0 Å². The van der Waals surface area contributed by atoms with Crippen molar-refractivity contribution in [2.45, 2.75) is 6.54 Å². The average molecular weight is 407 g/mol. The number of likely N-dealkylation sites (N-methyl/N-ethyl adjacent to an activating group) is 1. The van der Waals surface area contributed by atoms with Crippen molar-refractivity contribution in [2.75, 3.05) is 39.8 Å². The molecule has 0 bridgehead atoms. The van der Waals surface area contributed by atoms with E-state index in [4.69, 9.17) is 0 Å². The fourth-order valence-corrected chi connectivity index (χ4v) is 4.57. The predicted octanol–water partition coefficient (Wildman–Crippen LogP) is 2.62. The smallest absolute Gasteiger partial charge is 0.256 e. The zero-order valence-electron chi connectivity index (χ0n) is 17.4. The summed E-state index contributed by atoms with van der Waals surface area (Å²) < 4.78 is 16.0. The third kappa shape index (κ3) is 3.29. The molecule has 1 fully saturated rings. The molecule has 1 N–H and O–H groups in total. The summed E-state index contributed by atoms with van der Waals surface area (Å²) in [7, 11) is 4.09. The number of aromatic nitrogens is 2. The number of fused-ring (bicyclic) bond motifs is 3. The van der Waals surface area contributed by atoms with Crippen LogP contribution in [0.1, 0.15) is 5.69 Å². The molecule has 1 aromatic carbocycles. The summed E-state index contributed by atoms with van der Waals surface area (Å²) in [5.41, 5.74) is 3.84. The van der Waals surface area contributed by atoms with Gasteiger partial charge in [-0.3, -0.25) is 9.69 Å². The number of H-pyrrole nitrogens is 1. The lowest BCUT2D eigenvalue weighted by molar-refractivity contribution is 0.151. The Labute approximate surface area is 174 Å². The molecule has 2 aliphatic heterocycles. The molecule has 6 nitrogen and oxygen atoms in total. The van der Waals surface area contributed by atoms with Gasteiger partial charge in [0, 0.05) is 76.0 Å². The zero-order valence-corrected chi connectivity index (χ0v) is 17.4. The van der Waals surface area contributed by atoms with Crippen LogP contribution in [0.15, 0.2) is 53.1 Å². The van der Waals surface area contributed by atoms with Gasteiger partial charge in [-0.1, -0.05) is 6.08 Å². The lowest BCUT2D eigenvalue weighted by Crippen LogP contribution is -2.45. The van der Waals surface area contributed by atoms with Gasteiger partial charge in [0.25, 0.3) is 5.56 Å². The van der Waals surface area contributed by atoms with Gasteiger partial charge in [-0.15, -0.1) is 0 Å². The van der Waals surface area contributed by atoms with Crippen LogP contribution < -0.4 is 5.56 Å². The molecular formula is C23H26FN5O. The fourth-order valence-electron chi connectivity index (χ4n) is 4.57. The number of aryl methyl sites for hydroxylation is 1. The van der Waals surface area contributed by atoms with Crippen LogP contribution in [-0.2, 0) is 13.6 Å². The lowest BCUT2D eigenvalue weighted by Gasteiger charge is -2.37. The van der Waals surface area contributed by atoms with Crippen molar-refractivity contribution in [3.63, 3.8) is 0 Å². The molecule has 7 heteroatoms. The van der Waals surface area contributed by atoms with E-state index in [0.717, 1.165) is 56.0 Å². The summed E-state index contributed by atoms with van der Waals surface area (Å²) in [5, 5.41) is 1.18. The van der Waals surface area contributed by atoms with Crippen LogP contribution in [0.4, 0.5) is 4.39 Å². The third-order valence-corrected chi connectivity index (χ3v) is 6.22. The summed E-state index contributed by atoms with van der Waals surface area (Å²) in [5.74, 6) is -0.329. The fraction of sp³-hybridized carbons (Fsp3) is 0.348. The van der Waals surface area contributed by atoms with E-state index in [2.05, 4.69) is 49.7 Å². The standard InChI is InChI=1S/C23H26FN5O/c1-26-7-3-4-17(14-26)29-10-8-28(9-11-29)15-18-13-21-22(27(18)2)20-12-16(24)5-6-19(20)23(30)25-21/h3-6,12-14H,7-11,15H2,1-2H3,(H,25,30). The Bertz CT molecular complexity index is 1230. The Morgan fingerprint density at radius 1 is 1.07 bits per heavy atom. The van der Waals surface area contributed by atoms with Crippen LogP contribution >= 0.6 is 0 Å². The van der Waals surface area contributed by atoms with E-state index in [1.165, 1.54) is 17.8 Å². The molecule has 0 aliphatic carbocycles. The predicted molar refractivity (Wildman–Crippen MR) is 118 cm³/mol. The molecule has 5 rings (SSSR count). The van der Waals surface area contributed by atoms with Crippen molar-refractivity contribution in [1.82, 2.24) is 24.3 Å². The first kappa shape index (κ1) is 18.9. The van der Waals surface area contributed by atoms with Gasteiger partial charge in [0.1, 0.15) is 5.82 Å². The van der Waals surface area contributed by atoms with E-state index in [1.54, 1.807) is 6.07 Å². The Balaban J connectivity index is 1.38. The summed E-state index contributed by atoms with van der Waals surface area (Å²) in [6.45, 7) is 5.68. The molecule has 3 aromatic rings. The first-order valence-corrected chi connectivity index (χ1v) is 10.4. The van der Waals surface area contributed by atoms with E-state index in [9.17, 15) is 9.18 Å². The number of nitrogens with one attached hydrogen (secondary N) is 1. The van der Waals surface area contributed by atoms with E-state index in [1.807, 2.05) is 13.1 Å². The molecule has 156 valence electrons. The van der Waals surface area contributed by atoms with Crippen LogP contribution in [0.25, 0.3) is 21.8 Å². The van der Waals surface area contributed by atoms with Gasteiger partial charge >= 0.3 is 0 Å². The number of allylic oxidation sites excluding steroid dienone is 1. The second kappa shape index (κ2) is 7.32. The molecule has 0 saturated carbocycles. The molecule has 2 aromatic heterocycles. The van der Waals surface area contributed by atoms with Crippen molar-refractivity contribution >= 4 is 21.8 Å². The van der Waals surface area contributed by atoms with Crippen LogP contribution in [-0.4, -0.2) is 64.0 Å². The molecule has 0 spiro atoms. The largest absolute Gasteiger partial charge is 0.375 e. The van der Waals surface area contributed by atoms with E-state index in [-0.39, 0.29) is 11.4 Å². The molecule has 0 amide bonds. The minimum Gasteiger partial charge on any atom is -0.375 e. The number of hydrogen-bond acceptors (Lipinski definition) is 4. The van der Waals surface area contributed by atoms with Gasteiger partial charge in [-0.25, -0.2) is 4.39 Å². The molecular weight excluding hydrogens is 381 g/mol. The maximum atomic E-state index is 13.9. The number of pyridine rings is 1. The van der Waals surface area contributed by atoms with Gasteiger partial charge in [0.05, 0.1) is 16.7 Å². The quantitative estimate of drug-likeness (QED) is 0.725. The van der Waals surface area contributed by atoms with Gasteiger partial charge in [0.2, 0.25) is 0 Å². The third-order valence-electron chi connectivity index (χ3n) is 6.22. The summed E-state index contributed by atoms with van der Waals surface area (Å²) in [6, 6.07) is 6.37. The minimum atomic E-state index is -0.329. The SMILES string of the molecule is CN1C=C(N2CCN(Cc3cc4[nH]c(=O)c5ccc(F)cc5c4n3C)CC2)C=CC1. The number of halogens is 1. The first-order chi connectivity index (χ1) is 14.5. The second-order valence-electron chi connectivity index (χ2n) is 8.26. The number of benzene rings is 1. The Kier molecular flexibility index (Phi) is 4.62. The van der Waals surface area contributed by atoms with Crippen molar-refractivity contribution in [1.29, 1.82) is 0 Å². The second-order valence-corrected chi connectivity index (χ2v) is 8.26. The van der Waals surface area contributed by atoms with Crippen LogP contribution in [0.5, 0.6) is 0 Å².